The minimum atomic E-state index is -0.205. The number of carbonyl (C=O) groups is 2. The first-order valence-electron chi connectivity index (χ1n) is 12.0. The molecule has 4 rings (SSSR count). The van der Waals surface area contributed by atoms with E-state index in [4.69, 9.17) is 4.74 Å². The Morgan fingerprint density at radius 3 is 2.24 bits per heavy atom. The van der Waals surface area contributed by atoms with Gasteiger partial charge in [-0.3, -0.25) is 9.69 Å². The Kier molecular flexibility index (Phi) is 7.29. The predicted molar refractivity (Wildman–Crippen MR) is 131 cm³/mol. The fraction of sp³-hybridized carbons (Fsp3) is 0.429. The number of piperidine rings is 1. The van der Waals surface area contributed by atoms with Crippen LogP contribution < -0.4 is 0 Å². The zero-order valence-corrected chi connectivity index (χ0v) is 20.0. The number of amides is 1. The van der Waals surface area contributed by atoms with Gasteiger partial charge in [0.15, 0.2) is 0 Å². The smallest absolute Gasteiger partial charge is 0.335 e. The van der Waals surface area contributed by atoms with Gasteiger partial charge in [0.05, 0.1) is 12.2 Å². The third-order valence-corrected chi connectivity index (χ3v) is 6.98. The molecule has 2 aromatic carbocycles. The van der Waals surface area contributed by atoms with E-state index in [2.05, 4.69) is 17.0 Å². The van der Waals surface area contributed by atoms with E-state index in [-0.39, 0.29) is 11.9 Å². The van der Waals surface area contributed by atoms with Crippen molar-refractivity contribution in [2.45, 2.75) is 46.1 Å². The van der Waals surface area contributed by atoms with Crippen molar-refractivity contribution in [1.82, 2.24) is 9.80 Å². The Balaban J connectivity index is 1.45. The number of hydrogen-bond acceptors (Lipinski definition) is 4. The number of rotatable bonds is 5. The van der Waals surface area contributed by atoms with Gasteiger partial charge in [0, 0.05) is 37.8 Å². The third kappa shape index (κ3) is 5.03. The number of likely N-dealkylation sites (tertiary alicyclic amines) is 1. The van der Waals surface area contributed by atoms with E-state index in [1.807, 2.05) is 62.1 Å². The second-order valence-corrected chi connectivity index (χ2v) is 9.05. The van der Waals surface area contributed by atoms with Gasteiger partial charge in [-0.15, -0.1) is 0 Å². The maximum absolute atomic E-state index is 13.2. The lowest BCUT2D eigenvalue weighted by molar-refractivity contribution is -0.138. The van der Waals surface area contributed by atoms with Crippen LogP contribution in [0.25, 0.3) is 5.57 Å². The first-order chi connectivity index (χ1) is 16.0. The van der Waals surface area contributed by atoms with Crippen molar-refractivity contribution in [3.8, 4) is 0 Å². The van der Waals surface area contributed by atoms with E-state index in [9.17, 15) is 9.59 Å². The van der Waals surface area contributed by atoms with E-state index in [0.717, 1.165) is 72.3 Å². The molecule has 0 unspecified atom stereocenters. The molecule has 5 nitrogen and oxygen atoms in total. The Hall–Kier alpha value is -2.92. The molecule has 2 aliphatic heterocycles. The molecule has 2 aliphatic rings. The van der Waals surface area contributed by atoms with Crippen molar-refractivity contribution in [3.05, 3.63) is 76.4 Å². The minimum absolute atomic E-state index is 0.140. The summed E-state index contributed by atoms with van der Waals surface area (Å²) in [6.45, 7) is 9.27. The highest BCUT2D eigenvalue weighted by Gasteiger charge is 2.33. The van der Waals surface area contributed by atoms with Crippen LogP contribution in [-0.2, 0) is 9.53 Å². The summed E-state index contributed by atoms with van der Waals surface area (Å²) in [6.07, 6.45) is 2.68. The quantitative estimate of drug-likeness (QED) is 0.629. The molecular formula is C28H34N2O3. The minimum Gasteiger partial charge on any atom is -0.463 e. The first-order valence-corrected chi connectivity index (χ1v) is 12.0. The Labute approximate surface area is 197 Å². The summed E-state index contributed by atoms with van der Waals surface area (Å²) in [5.74, 6) is -0.0649. The summed E-state index contributed by atoms with van der Waals surface area (Å²) in [7, 11) is 0. The molecule has 1 amide bonds. The normalized spacial score (nSPS) is 17.8. The third-order valence-electron chi connectivity index (χ3n) is 6.98. The van der Waals surface area contributed by atoms with Crippen LogP contribution in [0.15, 0.2) is 54.1 Å². The number of hydrogen-bond donors (Lipinski definition) is 0. The molecule has 5 heteroatoms. The first kappa shape index (κ1) is 23.2. The number of aryl methyl sites for hydroxylation is 2. The number of carbonyl (C=O) groups excluding carboxylic acids is 2. The highest BCUT2D eigenvalue weighted by molar-refractivity contribution is 5.99. The lowest BCUT2D eigenvalue weighted by Crippen LogP contribution is -2.49. The Morgan fingerprint density at radius 2 is 1.61 bits per heavy atom. The second kappa shape index (κ2) is 10.3. The van der Waals surface area contributed by atoms with E-state index in [0.29, 0.717) is 19.2 Å². The van der Waals surface area contributed by atoms with Gasteiger partial charge in [-0.25, -0.2) is 4.79 Å². The van der Waals surface area contributed by atoms with Gasteiger partial charge in [0.2, 0.25) is 0 Å². The van der Waals surface area contributed by atoms with E-state index in [1.54, 1.807) is 0 Å². The van der Waals surface area contributed by atoms with E-state index < -0.39 is 0 Å². The summed E-state index contributed by atoms with van der Waals surface area (Å²) in [5, 5.41) is 0. The standard InChI is InChI=1S/C28H34N2O3/c1-4-33-28(32)25-19-30(18-15-24(25)22-11-6-5-7-12-22)23-13-16-29(17-14-23)27(31)26-20(2)9-8-10-21(26)3/h5-12,23H,4,13-19H2,1-3H3. The highest BCUT2D eigenvalue weighted by atomic mass is 16.5. The predicted octanol–water partition coefficient (Wildman–Crippen LogP) is 4.63. The van der Waals surface area contributed by atoms with Crippen LogP contribution in [0.5, 0.6) is 0 Å². The maximum atomic E-state index is 13.2. The molecule has 0 bridgehead atoms. The van der Waals surface area contributed by atoms with Crippen molar-refractivity contribution < 1.29 is 14.3 Å². The van der Waals surface area contributed by atoms with Crippen LogP contribution in [0.4, 0.5) is 0 Å². The largest absolute Gasteiger partial charge is 0.463 e. The fourth-order valence-electron chi connectivity index (χ4n) is 5.20. The molecule has 2 aromatic rings. The number of esters is 1. The molecule has 0 N–H and O–H groups in total. The Bertz CT molecular complexity index is 1020. The number of benzene rings is 2. The molecule has 1 saturated heterocycles. The zero-order valence-electron chi connectivity index (χ0n) is 20.0. The summed E-state index contributed by atoms with van der Waals surface area (Å²) in [5.41, 5.74) is 5.91. The van der Waals surface area contributed by atoms with Crippen molar-refractivity contribution in [3.63, 3.8) is 0 Å². The fourth-order valence-corrected chi connectivity index (χ4v) is 5.20. The van der Waals surface area contributed by atoms with Crippen LogP contribution in [-0.4, -0.2) is 60.5 Å². The van der Waals surface area contributed by atoms with Crippen molar-refractivity contribution in [1.29, 1.82) is 0 Å². The summed E-state index contributed by atoms with van der Waals surface area (Å²) < 4.78 is 5.41. The van der Waals surface area contributed by atoms with Crippen LogP contribution in [0, 0.1) is 13.8 Å². The van der Waals surface area contributed by atoms with Gasteiger partial charge < -0.3 is 9.64 Å². The SMILES string of the molecule is CCOC(=O)C1=C(c2ccccc2)CCN(C2CCN(C(=O)c3c(C)cccc3C)CC2)C1. The van der Waals surface area contributed by atoms with Gasteiger partial charge in [0.1, 0.15) is 0 Å². The van der Waals surface area contributed by atoms with Gasteiger partial charge in [0.25, 0.3) is 5.91 Å². The molecule has 0 radical (unpaired) electrons. The number of ether oxygens (including phenoxy) is 1. The molecule has 174 valence electrons. The molecule has 0 aromatic heterocycles. The van der Waals surface area contributed by atoms with Gasteiger partial charge >= 0.3 is 5.97 Å². The average Bonchev–Trinajstić information content (AvgIpc) is 2.84. The highest BCUT2D eigenvalue weighted by Crippen LogP contribution is 2.31. The topological polar surface area (TPSA) is 49.9 Å². The maximum Gasteiger partial charge on any atom is 0.335 e. The van der Waals surface area contributed by atoms with Crippen LogP contribution in [0.2, 0.25) is 0 Å². The summed E-state index contributed by atoms with van der Waals surface area (Å²) in [6, 6.07) is 16.6. The van der Waals surface area contributed by atoms with Crippen LogP contribution >= 0.6 is 0 Å². The van der Waals surface area contributed by atoms with Gasteiger partial charge in [-0.2, -0.15) is 0 Å². The lowest BCUT2D eigenvalue weighted by atomic mass is 9.91. The summed E-state index contributed by atoms with van der Waals surface area (Å²) >= 11 is 0. The molecule has 33 heavy (non-hydrogen) atoms. The van der Waals surface area contributed by atoms with Crippen molar-refractivity contribution in [2.24, 2.45) is 0 Å². The van der Waals surface area contributed by atoms with Gasteiger partial charge in [-0.1, -0.05) is 48.5 Å². The molecule has 0 saturated carbocycles. The molecular weight excluding hydrogens is 412 g/mol. The molecule has 0 atom stereocenters. The van der Waals surface area contributed by atoms with Gasteiger partial charge in [-0.05, 0) is 62.3 Å². The lowest BCUT2D eigenvalue weighted by Gasteiger charge is -2.41. The Morgan fingerprint density at radius 1 is 0.939 bits per heavy atom. The molecule has 1 fully saturated rings. The van der Waals surface area contributed by atoms with E-state index in [1.165, 1.54) is 0 Å². The van der Waals surface area contributed by atoms with Crippen LogP contribution in [0.1, 0.15) is 53.2 Å². The second-order valence-electron chi connectivity index (χ2n) is 9.05. The van der Waals surface area contributed by atoms with Crippen molar-refractivity contribution in [2.75, 3.05) is 32.8 Å². The van der Waals surface area contributed by atoms with Crippen molar-refractivity contribution >= 4 is 17.4 Å². The summed E-state index contributed by atoms with van der Waals surface area (Å²) in [4.78, 5) is 30.4. The molecule has 0 aliphatic carbocycles. The average molecular weight is 447 g/mol. The monoisotopic (exact) mass is 446 g/mol. The zero-order chi connectivity index (χ0) is 23.4. The number of nitrogens with zero attached hydrogens (tertiary/aromatic N) is 2. The van der Waals surface area contributed by atoms with E-state index >= 15 is 0 Å². The molecule has 2 heterocycles. The molecule has 0 spiro atoms. The van der Waals surface area contributed by atoms with Crippen LogP contribution in [0.3, 0.4) is 0 Å².